The fraction of sp³-hybridized carbons (Fsp3) is 0.250. The Labute approximate surface area is 161 Å². The second kappa shape index (κ2) is 8.43. The summed E-state index contributed by atoms with van der Waals surface area (Å²) in [4.78, 5) is 34.3. The first-order valence-corrected chi connectivity index (χ1v) is 8.86. The number of benzene rings is 2. The van der Waals surface area contributed by atoms with E-state index in [4.69, 9.17) is 0 Å². The molecule has 2 aromatic carbocycles. The van der Waals surface area contributed by atoms with Gasteiger partial charge < -0.3 is 5.32 Å². The van der Waals surface area contributed by atoms with Crippen molar-refractivity contribution in [2.24, 2.45) is 11.0 Å². The van der Waals surface area contributed by atoms with Gasteiger partial charge in [-0.25, -0.2) is 5.43 Å². The molecule has 8 nitrogen and oxygen atoms in total. The number of hydrogen-bond donors (Lipinski definition) is 2. The molecule has 1 fully saturated rings. The third-order valence-electron chi connectivity index (χ3n) is 4.49. The van der Waals surface area contributed by atoms with Crippen molar-refractivity contribution in [3.05, 3.63) is 70.3 Å². The van der Waals surface area contributed by atoms with Crippen LogP contribution in [-0.2, 0) is 9.59 Å². The normalized spacial score (nSPS) is 18.2. The molecule has 3 rings (SSSR count). The molecule has 0 saturated heterocycles. The molecule has 2 amide bonds. The van der Waals surface area contributed by atoms with Crippen LogP contribution >= 0.6 is 0 Å². The molecule has 0 aliphatic heterocycles. The summed E-state index contributed by atoms with van der Waals surface area (Å²) in [5.74, 6) is -0.336. The molecule has 0 radical (unpaired) electrons. The lowest BCUT2D eigenvalue weighted by Crippen LogP contribution is -2.23. The van der Waals surface area contributed by atoms with Crippen LogP contribution in [-0.4, -0.2) is 22.4 Å². The molecule has 1 aliphatic carbocycles. The predicted octanol–water partition coefficient (Wildman–Crippen LogP) is 3.22. The van der Waals surface area contributed by atoms with Crippen LogP contribution in [0.2, 0.25) is 0 Å². The summed E-state index contributed by atoms with van der Waals surface area (Å²) in [7, 11) is 0. The minimum Gasteiger partial charge on any atom is -0.326 e. The summed E-state index contributed by atoms with van der Waals surface area (Å²) in [5, 5.41) is 17.3. The van der Waals surface area contributed by atoms with E-state index >= 15 is 0 Å². The zero-order valence-corrected chi connectivity index (χ0v) is 15.3. The molecule has 8 heteroatoms. The maximum absolute atomic E-state index is 12.2. The van der Waals surface area contributed by atoms with Crippen molar-refractivity contribution in [1.82, 2.24) is 5.43 Å². The van der Waals surface area contributed by atoms with Gasteiger partial charge in [0.05, 0.1) is 11.3 Å². The van der Waals surface area contributed by atoms with Gasteiger partial charge in [0.1, 0.15) is 0 Å². The lowest BCUT2D eigenvalue weighted by molar-refractivity contribution is -0.384. The van der Waals surface area contributed by atoms with Crippen LogP contribution in [0.4, 0.5) is 11.4 Å². The Hall–Kier alpha value is -3.55. The highest BCUT2D eigenvalue weighted by Crippen LogP contribution is 2.47. The van der Waals surface area contributed by atoms with Crippen LogP contribution < -0.4 is 10.7 Å². The summed E-state index contributed by atoms with van der Waals surface area (Å²) in [6, 6.07) is 15.4. The Morgan fingerprint density at radius 3 is 2.46 bits per heavy atom. The van der Waals surface area contributed by atoms with Gasteiger partial charge in [0.15, 0.2) is 0 Å². The summed E-state index contributed by atoms with van der Waals surface area (Å²) in [5.41, 5.74) is 4.54. The number of nitrogens with one attached hydrogen (secondary N) is 2. The number of non-ortho nitro benzene ring substituents is 1. The van der Waals surface area contributed by atoms with Gasteiger partial charge in [-0.15, -0.1) is 0 Å². The van der Waals surface area contributed by atoms with Gasteiger partial charge in [0, 0.05) is 29.4 Å². The van der Waals surface area contributed by atoms with Gasteiger partial charge >= 0.3 is 0 Å². The van der Waals surface area contributed by atoms with Crippen molar-refractivity contribution in [3.63, 3.8) is 0 Å². The Balaban J connectivity index is 1.45. The van der Waals surface area contributed by atoms with Gasteiger partial charge in [0.2, 0.25) is 11.8 Å². The molecular formula is C20H20N4O4. The second-order valence-electron chi connectivity index (χ2n) is 6.71. The van der Waals surface area contributed by atoms with E-state index in [0.29, 0.717) is 11.4 Å². The smallest absolute Gasteiger partial charge is 0.269 e. The van der Waals surface area contributed by atoms with E-state index in [0.717, 1.165) is 12.0 Å². The second-order valence-corrected chi connectivity index (χ2v) is 6.71. The van der Waals surface area contributed by atoms with E-state index in [-0.39, 0.29) is 35.8 Å². The largest absolute Gasteiger partial charge is 0.326 e. The molecule has 2 atom stereocenters. The average molecular weight is 380 g/mol. The van der Waals surface area contributed by atoms with Crippen LogP contribution in [0.25, 0.3) is 0 Å². The number of hydrogen-bond acceptors (Lipinski definition) is 5. The van der Waals surface area contributed by atoms with E-state index < -0.39 is 4.92 Å². The van der Waals surface area contributed by atoms with Crippen molar-refractivity contribution in [1.29, 1.82) is 0 Å². The highest BCUT2D eigenvalue weighted by atomic mass is 16.6. The first kappa shape index (κ1) is 19.2. The van der Waals surface area contributed by atoms with Crippen LogP contribution in [0, 0.1) is 16.0 Å². The number of nitrogens with zero attached hydrogens (tertiary/aromatic N) is 2. The summed E-state index contributed by atoms with van der Waals surface area (Å²) >= 11 is 0. The number of nitro groups is 1. The Kier molecular flexibility index (Phi) is 5.78. The van der Waals surface area contributed by atoms with Crippen molar-refractivity contribution in [3.8, 4) is 0 Å². The van der Waals surface area contributed by atoms with Crippen molar-refractivity contribution in [2.45, 2.75) is 25.7 Å². The molecule has 1 aliphatic rings. The molecule has 1 saturated carbocycles. The number of carbonyl (C=O) groups excluding carboxylic acids is 2. The third-order valence-corrected chi connectivity index (χ3v) is 4.49. The molecule has 2 aromatic rings. The van der Waals surface area contributed by atoms with Crippen LogP contribution in [0.5, 0.6) is 0 Å². The maximum atomic E-state index is 12.2. The number of hydrazone groups is 1. The molecular weight excluding hydrogens is 360 g/mol. The standard InChI is InChI=1S/C20H20N4O4/c1-13(11-19(25)21-15-7-9-16(10-8-15)24(27)28)22-23-20(26)18-12-17(18)14-5-3-2-4-6-14/h2-10,17-18H,11-12H2,1H3,(H,21,25)(H,23,26)/t17-,18+/m0/s1. The monoisotopic (exact) mass is 380 g/mol. The molecule has 0 aromatic heterocycles. The number of rotatable bonds is 7. The van der Waals surface area contributed by atoms with Crippen LogP contribution in [0.1, 0.15) is 31.2 Å². The number of amides is 2. The zero-order valence-electron chi connectivity index (χ0n) is 15.3. The predicted molar refractivity (Wildman–Crippen MR) is 105 cm³/mol. The van der Waals surface area contributed by atoms with Crippen molar-refractivity contribution < 1.29 is 14.5 Å². The van der Waals surface area contributed by atoms with Crippen molar-refractivity contribution >= 4 is 28.9 Å². The maximum Gasteiger partial charge on any atom is 0.269 e. The van der Waals surface area contributed by atoms with E-state index in [1.54, 1.807) is 6.92 Å². The van der Waals surface area contributed by atoms with Gasteiger partial charge in [-0.05, 0) is 37.0 Å². The van der Waals surface area contributed by atoms with Crippen LogP contribution in [0.15, 0.2) is 59.7 Å². The van der Waals surface area contributed by atoms with Gasteiger partial charge in [-0.3, -0.25) is 19.7 Å². The fourth-order valence-electron chi connectivity index (χ4n) is 2.93. The Morgan fingerprint density at radius 1 is 1.14 bits per heavy atom. The summed E-state index contributed by atoms with van der Waals surface area (Å²) < 4.78 is 0. The minimum atomic E-state index is -0.507. The Morgan fingerprint density at radius 2 is 1.82 bits per heavy atom. The molecule has 0 unspecified atom stereocenters. The summed E-state index contributed by atoms with van der Waals surface area (Å²) in [6.45, 7) is 1.65. The molecule has 0 bridgehead atoms. The van der Waals surface area contributed by atoms with Gasteiger partial charge in [-0.2, -0.15) is 5.10 Å². The van der Waals surface area contributed by atoms with Crippen LogP contribution in [0.3, 0.4) is 0 Å². The lowest BCUT2D eigenvalue weighted by atomic mass is 10.1. The van der Waals surface area contributed by atoms with E-state index in [9.17, 15) is 19.7 Å². The van der Waals surface area contributed by atoms with Crippen molar-refractivity contribution in [2.75, 3.05) is 5.32 Å². The third kappa shape index (κ3) is 5.00. The fourth-order valence-corrected chi connectivity index (χ4v) is 2.93. The topological polar surface area (TPSA) is 114 Å². The number of anilines is 1. The molecule has 28 heavy (non-hydrogen) atoms. The zero-order chi connectivity index (χ0) is 20.1. The molecule has 0 heterocycles. The number of nitro benzene ring substituents is 1. The lowest BCUT2D eigenvalue weighted by Gasteiger charge is -2.05. The number of carbonyl (C=O) groups is 2. The van der Waals surface area contributed by atoms with Gasteiger partial charge in [0.25, 0.3) is 5.69 Å². The molecule has 2 N–H and O–H groups in total. The van der Waals surface area contributed by atoms with E-state index in [1.165, 1.54) is 24.3 Å². The molecule has 0 spiro atoms. The van der Waals surface area contributed by atoms with E-state index in [1.807, 2.05) is 30.3 Å². The van der Waals surface area contributed by atoms with Gasteiger partial charge in [-0.1, -0.05) is 30.3 Å². The van der Waals surface area contributed by atoms with E-state index in [2.05, 4.69) is 15.8 Å². The first-order chi connectivity index (χ1) is 13.4. The Bertz CT molecular complexity index is 910. The average Bonchev–Trinajstić information content (AvgIpc) is 3.48. The highest BCUT2D eigenvalue weighted by molar-refractivity contribution is 6.05. The first-order valence-electron chi connectivity index (χ1n) is 8.86. The summed E-state index contributed by atoms with van der Waals surface area (Å²) in [6.07, 6.45) is 0.801. The minimum absolute atomic E-state index is 0.00402. The SMILES string of the molecule is CC(CC(=O)Nc1ccc([N+](=O)[O-])cc1)=NNC(=O)[C@@H]1C[C@H]1c1ccccc1. The highest BCUT2D eigenvalue weighted by Gasteiger charge is 2.43. The quantitative estimate of drug-likeness (QED) is 0.436. The molecule has 144 valence electrons.